The summed E-state index contributed by atoms with van der Waals surface area (Å²) in [6.07, 6.45) is 2.99. The first-order valence-corrected chi connectivity index (χ1v) is 7.01. The summed E-state index contributed by atoms with van der Waals surface area (Å²) >= 11 is 9.16. The Morgan fingerprint density at radius 3 is 2.47 bits per heavy atom. The third-order valence-electron chi connectivity index (χ3n) is 1.69. The molecule has 0 radical (unpaired) electrons. The molecule has 2 aromatic rings. The number of thiophene rings is 1. The van der Waals surface area contributed by atoms with Crippen LogP contribution in [-0.2, 0) is 6.42 Å². The topological polar surface area (TPSA) is 12.9 Å². The van der Waals surface area contributed by atoms with Gasteiger partial charge in [0, 0.05) is 11.1 Å². The van der Waals surface area contributed by atoms with Gasteiger partial charge in [0.2, 0.25) is 0 Å². The molecule has 82 valence electrons. The van der Waals surface area contributed by atoms with Crippen molar-refractivity contribution in [3.63, 3.8) is 0 Å². The molecule has 2 heterocycles. The first kappa shape index (κ1) is 12.7. The zero-order chi connectivity index (χ0) is 11.3. The Kier molecular flexibility index (Phi) is 5.29. The zero-order valence-corrected chi connectivity index (χ0v) is 11.5. The van der Waals surface area contributed by atoms with E-state index in [1.807, 2.05) is 32.2 Å². The Labute approximate surface area is 104 Å². The van der Waals surface area contributed by atoms with E-state index in [2.05, 4.69) is 11.9 Å². The van der Waals surface area contributed by atoms with Gasteiger partial charge in [0.15, 0.2) is 0 Å². The number of halogens is 1. The van der Waals surface area contributed by atoms with E-state index < -0.39 is 0 Å². The molecule has 0 N–H and O–H groups in total. The van der Waals surface area contributed by atoms with Gasteiger partial charge in [-0.2, -0.15) is 0 Å². The fourth-order valence-electron chi connectivity index (χ4n) is 1.01. The predicted molar refractivity (Wildman–Crippen MR) is 71.2 cm³/mol. The first-order chi connectivity index (χ1) is 7.29. The molecule has 0 aliphatic carbocycles. The Morgan fingerprint density at radius 2 is 2.00 bits per heavy atom. The zero-order valence-electron chi connectivity index (χ0n) is 9.08. The molecule has 0 aliphatic heterocycles. The quantitative estimate of drug-likeness (QED) is 0.730. The minimum Gasteiger partial charge on any atom is -0.243 e. The van der Waals surface area contributed by atoms with E-state index in [9.17, 15) is 0 Å². The van der Waals surface area contributed by atoms with Gasteiger partial charge in [-0.05, 0) is 18.6 Å². The second-order valence-corrected chi connectivity index (χ2v) is 5.42. The van der Waals surface area contributed by atoms with Gasteiger partial charge in [0.25, 0.3) is 0 Å². The molecule has 0 aromatic carbocycles. The summed E-state index contributed by atoms with van der Waals surface area (Å²) < 4.78 is 0.822. The van der Waals surface area contributed by atoms with Gasteiger partial charge in [0.05, 0.1) is 9.21 Å². The highest BCUT2D eigenvalue weighted by atomic mass is 35.5. The highest BCUT2D eigenvalue weighted by Gasteiger charge is 2.05. The number of hydrogen-bond acceptors (Lipinski definition) is 3. The highest BCUT2D eigenvalue weighted by Crippen LogP contribution is 2.33. The van der Waals surface area contributed by atoms with Crippen molar-refractivity contribution in [2.45, 2.75) is 27.2 Å². The first-order valence-electron chi connectivity index (χ1n) is 5.00. The Morgan fingerprint density at radius 1 is 1.27 bits per heavy atom. The molecule has 0 amide bonds. The molecule has 2 aromatic heterocycles. The normalized spacial score (nSPS) is 9.60. The van der Waals surface area contributed by atoms with Gasteiger partial charge in [-0.3, -0.25) is 0 Å². The van der Waals surface area contributed by atoms with Crippen LogP contribution in [0.5, 0.6) is 0 Å². The summed E-state index contributed by atoms with van der Waals surface area (Å²) in [6, 6.07) is 3.93. The molecule has 0 atom stereocenters. The van der Waals surface area contributed by atoms with Crippen LogP contribution >= 0.6 is 34.3 Å². The molecular weight excluding hydrogens is 246 g/mol. The number of nitrogens with zero attached hydrogens (tertiary/aromatic N) is 1. The highest BCUT2D eigenvalue weighted by molar-refractivity contribution is 7.23. The van der Waals surface area contributed by atoms with Gasteiger partial charge >= 0.3 is 0 Å². The largest absolute Gasteiger partial charge is 0.243 e. The standard InChI is InChI=1S/C9H8ClNS2.C2H6/c1-2-6-5-11-9(12-6)7-3-4-8(10)13-7;1-2/h3-5H,2H2,1H3;1-2H3. The second kappa shape index (κ2) is 6.26. The third kappa shape index (κ3) is 3.30. The monoisotopic (exact) mass is 259 g/mol. The lowest BCUT2D eigenvalue weighted by Crippen LogP contribution is -1.65. The van der Waals surface area contributed by atoms with Crippen LogP contribution in [0.1, 0.15) is 25.6 Å². The minimum absolute atomic E-state index is 0.822. The van der Waals surface area contributed by atoms with Gasteiger partial charge in [-0.1, -0.05) is 32.4 Å². The van der Waals surface area contributed by atoms with Crippen molar-refractivity contribution in [2.24, 2.45) is 0 Å². The molecule has 0 saturated carbocycles. The molecule has 0 aliphatic rings. The van der Waals surface area contributed by atoms with E-state index in [4.69, 9.17) is 11.6 Å². The number of thiazole rings is 1. The molecule has 1 nitrogen and oxygen atoms in total. The van der Waals surface area contributed by atoms with Crippen LogP contribution in [0, 0.1) is 0 Å². The van der Waals surface area contributed by atoms with Crippen molar-refractivity contribution in [2.75, 3.05) is 0 Å². The van der Waals surface area contributed by atoms with Crippen LogP contribution in [0.25, 0.3) is 9.88 Å². The molecule has 2 rings (SSSR count). The van der Waals surface area contributed by atoms with Crippen LogP contribution in [-0.4, -0.2) is 4.98 Å². The van der Waals surface area contributed by atoms with Gasteiger partial charge < -0.3 is 0 Å². The van der Waals surface area contributed by atoms with E-state index in [0.29, 0.717) is 0 Å². The molecular formula is C11H14ClNS2. The van der Waals surface area contributed by atoms with Crippen LogP contribution in [0.2, 0.25) is 4.34 Å². The molecule has 0 saturated heterocycles. The van der Waals surface area contributed by atoms with Crippen LogP contribution < -0.4 is 0 Å². The van der Waals surface area contributed by atoms with Crippen molar-refractivity contribution < 1.29 is 0 Å². The second-order valence-electron chi connectivity index (χ2n) is 2.59. The summed E-state index contributed by atoms with van der Waals surface area (Å²) in [5.41, 5.74) is 0. The van der Waals surface area contributed by atoms with Gasteiger partial charge in [0.1, 0.15) is 5.01 Å². The van der Waals surface area contributed by atoms with Crippen molar-refractivity contribution >= 4 is 34.3 Å². The summed E-state index contributed by atoms with van der Waals surface area (Å²) in [5.74, 6) is 0. The third-order valence-corrected chi connectivity index (χ3v) is 4.23. The van der Waals surface area contributed by atoms with E-state index in [1.165, 1.54) is 4.88 Å². The average molecular weight is 260 g/mol. The fraction of sp³-hybridized carbons (Fsp3) is 0.364. The maximum atomic E-state index is 5.85. The molecule has 0 spiro atoms. The Bertz CT molecular complexity index is 406. The number of aryl methyl sites for hydroxylation is 1. The van der Waals surface area contributed by atoms with Gasteiger partial charge in [-0.25, -0.2) is 4.98 Å². The lowest BCUT2D eigenvalue weighted by Gasteiger charge is -1.85. The van der Waals surface area contributed by atoms with E-state index in [1.54, 1.807) is 22.7 Å². The maximum Gasteiger partial charge on any atom is 0.133 e. The lowest BCUT2D eigenvalue weighted by molar-refractivity contribution is 1.17. The van der Waals surface area contributed by atoms with E-state index in [-0.39, 0.29) is 0 Å². The summed E-state index contributed by atoms with van der Waals surface area (Å²) in [5, 5.41) is 1.08. The van der Waals surface area contributed by atoms with Gasteiger partial charge in [-0.15, -0.1) is 22.7 Å². The van der Waals surface area contributed by atoms with Crippen molar-refractivity contribution in [3.05, 3.63) is 27.5 Å². The molecule has 15 heavy (non-hydrogen) atoms. The molecule has 0 bridgehead atoms. The minimum atomic E-state index is 0.822. The SMILES string of the molecule is CC.CCc1cnc(-c2ccc(Cl)s2)s1. The fourth-order valence-corrected chi connectivity index (χ4v) is 2.97. The van der Waals surface area contributed by atoms with Crippen LogP contribution in [0.3, 0.4) is 0 Å². The maximum absolute atomic E-state index is 5.85. The molecule has 0 fully saturated rings. The number of rotatable bonds is 2. The van der Waals surface area contributed by atoms with Crippen molar-refractivity contribution in [3.8, 4) is 9.88 Å². The molecule has 4 heteroatoms. The number of hydrogen-bond donors (Lipinski definition) is 0. The Balaban J connectivity index is 0.000000531. The van der Waals surface area contributed by atoms with Crippen molar-refractivity contribution in [1.82, 2.24) is 4.98 Å². The smallest absolute Gasteiger partial charge is 0.133 e. The van der Waals surface area contributed by atoms with Crippen molar-refractivity contribution in [1.29, 1.82) is 0 Å². The number of aromatic nitrogens is 1. The van der Waals surface area contributed by atoms with Crippen LogP contribution in [0.15, 0.2) is 18.3 Å². The van der Waals surface area contributed by atoms with E-state index >= 15 is 0 Å². The lowest BCUT2D eigenvalue weighted by atomic mass is 10.4. The molecule has 0 unspecified atom stereocenters. The predicted octanol–water partition coefficient (Wildman–Crippen LogP) is 5.11. The Hall–Kier alpha value is -0.380. The van der Waals surface area contributed by atoms with E-state index in [0.717, 1.165) is 20.6 Å². The van der Waals surface area contributed by atoms with Crippen LogP contribution in [0.4, 0.5) is 0 Å². The average Bonchev–Trinajstić information content (AvgIpc) is 2.88. The summed E-state index contributed by atoms with van der Waals surface area (Å²) in [7, 11) is 0. The summed E-state index contributed by atoms with van der Waals surface area (Å²) in [6.45, 7) is 6.14. The summed E-state index contributed by atoms with van der Waals surface area (Å²) in [4.78, 5) is 6.82.